The molecule has 0 rings (SSSR count). The van der Waals surface area contributed by atoms with Gasteiger partial charge in [-0.05, 0) is 6.08 Å². The van der Waals surface area contributed by atoms with Crippen molar-refractivity contribution in [2.24, 2.45) is 0 Å². The molecular formula is C3H2FO2Tl. The van der Waals surface area contributed by atoms with Crippen LogP contribution in [0.1, 0.15) is 0 Å². The third-order valence-corrected chi connectivity index (χ3v) is 0.199. The first kappa shape index (κ1) is 10.1. The summed E-state index contributed by atoms with van der Waals surface area (Å²) >= 11 is 0. The zero-order valence-corrected chi connectivity index (χ0v) is 7.92. The van der Waals surface area contributed by atoms with Crippen molar-refractivity contribution in [3.63, 3.8) is 0 Å². The van der Waals surface area contributed by atoms with E-state index in [0.29, 0.717) is 6.08 Å². The third kappa shape index (κ3) is 10.7. The Morgan fingerprint density at radius 1 is 1.71 bits per heavy atom. The van der Waals surface area contributed by atoms with Crippen molar-refractivity contribution in [2.45, 2.75) is 0 Å². The second-order valence-corrected chi connectivity index (χ2v) is 0.612. The maximum atomic E-state index is 10.6. The van der Waals surface area contributed by atoms with Crippen LogP contribution >= 0.6 is 0 Å². The van der Waals surface area contributed by atoms with Crippen LogP contribution in [0.25, 0.3) is 0 Å². The Morgan fingerprint density at radius 3 is 2.14 bits per heavy atom. The Kier molecular flexibility index (Phi) is 8.77. The summed E-state index contributed by atoms with van der Waals surface area (Å²) in [6.07, 6.45) is 0.218. The average molecular weight is 293 g/mol. The van der Waals surface area contributed by atoms with E-state index in [2.05, 4.69) is 0 Å². The van der Waals surface area contributed by atoms with Gasteiger partial charge >= 0.3 is 27.3 Å². The topological polar surface area (TPSA) is 40.1 Å². The Balaban J connectivity index is 0. The molecule has 2 nitrogen and oxygen atoms in total. The van der Waals surface area contributed by atoms with Gasteiger partial charge in [0, 0.05) is 0 Å². The molecule has 0 aromatic heterocycles. The fourth-order valence-corrected chi connectivity index (χ4v) is 0.0514. The molecule has 0 aliphatic rings. The van der Waals surface area contributed by atoms with Gasteiger partial charge in [-0.15, -0.1) is 0 Å². The molecule has 4 heteroatoms. The van der Waals surface area contributed by atoms with Crippen LogP contribution in [0.2, 0.25) is 0 Å². The molecule has 0 heterocycles. The summed E-state index contributed by atoms with van der Waals surface area (Å²) in [6, 6.07) is 0. The first-order valence-corrected chi connectivity index (χ1v) is 1.25. The monoisotopic (exact) mass is 294 g/mol. The number of carbonyl (C=O) groups excluding carboxylic acids is 1. The molecular weight excluding hydrogens is 291 g/mol. The van der Waals surface area contributed by atoms with Crippen LogP contribution in [0.5, 0.6) is 0 Å². The van der Waals surface area contributed by atoms with Crippen molar-refractivity contribution in [3.8, 4) is 0 Å². The van der Waals surface area contributed by atoms with Crippen molar-refractivity contribution < 1.29 is 14.3 Å². The Bertz CT molecular complexity index is 81.0. The number of carbonyl (C=O) groups is 1. The summed E-state index contributed by atoms with van der Waals surface area (Å²) in [5, 5.41) is 9.16. The first-order chi connectivity index (χ1) is 2.77. The summed E-state index contributed by atoms with van der Waals surface area (Å²) in [5.41, 5.74) is 0. The first-order valence-electron chi connectivity index (χ1n) is 1.25. The van der Waals surface area contributed by atoms with Crippen LogP contribution in [-0.4, -0.2) is 33.3 Å². The number of rotatable bonds is 1. The number of halogens is 1. The van der Waals surface area contributed by atoms with Gasteiger partial charge in [0.15, 0.2) is 0 Å². The number of hydrogen-bond acceptors (Lipinski definition) is 2. The van der Waals surface area contributed by atoms with Crippen molar-refractivity contribution in [1.29, 1.82) is 0 Å². The molecule has 0 N–H and O–H groups in total. The second kappa shape index (κ2) is 6.06. The Hall–Kier alpha value is 0.0621. The summed E-state index contributed by atoms with van der Waals surface area (Å²) in [4.78, 5) is 9.16. The van der Waals surface area contributed by atoms with E-state index < -0.39 is 5.97 Å². The largest absolute Gasteiger partial charge is 1.00 e. The smallest absolute Gasteiger partial charge is 0.545 e. The van der Waals surface area contributed by atoms with Crippen molar-refractivity contribution in [3.05, 3.63) is 12.4 Å². The molecule has 0 aromatic carbocycles. The van der Waals surface area contributed by atoms with Gasteiger partial charge in [0.2, 0.25) is 0 Å². The summed E-state index contributed by atoms with van der Waals surface area (Å²) in [6.45, 7) is 0. The van der Waals surface area contributed by atoms with E-state index in [0.717, 1.165) is 0 Å². The molecule has 0 fully saturated rings. The van der Waals surface area contributed by atoms with E-state index in [-0.39, 0.29) is 33.6 Å². The van der Waals surface area contributed by atoms with Gasteiger partial charge in [-0.1, -0.05) is 0 Å². The number of hydrogen-bond donors (Lipinski definition) is 0. The quantitative estimate of drug-likeness (QED) is 0.452. The van der Waals surface area contributed by atoms with Gasteiger partial charge < -0.3 is 9.90 Å². The van der Waals surface area contributed by atoms with Gasteiger partial charge in [0.25, 0.3) is 0 Å². The van der Waals surface area contributed by atoms with Crippen LogP contribution in [0, 0.1) is 0 Å². The fourth-order valence-electron chi connectivity index (χ4n) is 0.0514. The van der Waals surface area contributed by atoms with Gasteiger partial charge in [0.05, 0.1) is 12.3 Å². The molecule has 0 saturated heterocycles. The molecule has 0 amide bonds. The SMILES string of the molecule is O=C([O-])C=CF.[Tl+]. The van der Waals surface area contributed by atoms with Crippen LogP contribution in [0.15, 0.2) is 12.4 Å². The normalized spacial score (nSPS) is 8.14. The molecule has 0 atom stereocenters. The average Bonchev–Trinajstić information content (AvgIpc) is 1.35. The number of aliphatic carboxylic acids is 1. The molecule has 0 aliphatic carbocycles. The minimum absolute atomic E-state index is 0. The van der Waals surface area contributed by atoms with E-state index >= 15 is 0 Å². The zero-order chi connectivity index (χ0) is 4.99. The third-order valence-electron chi connectivity index (χ3n) is 0.199. The maximum Gasteiger partial charge on any atom is 1.00 e. The van der Waals surface area contributed by atoms with E-state index in [1.807, 2.05) is 0 Å². The summed E-state index contributed by atoms with van der Waals surface area (Å²) in [7, 11) is 0. The molecule has 0 aromatic rings. The van der Waals surface area contributed by atoms with E-state index in [1.54, 1.807) is 0 Å². The summed E-state index contributed by atoms with van der Waals surface area (Å²) in [5.74, 6) is -1.52. The molecule has 0 bridgehead atoms. The standard InChI is InChI=1S/C3H3FO2.Tl/c4-2-1-3(5)6;/h1-2H,(H,5,6);/q;+1/p-1. The van der Waals surface area contributed by atoms with Crippen molar-refractivity contribution in [1.82, 2.24) is 0 Å². The van der Waals surface area contributed by atoms with Crippen LogP contribution in [0.3, 0.4) is 0 Å². The van der Waals surface area contributed by atoms with Crippen molar-refractivity contribution >= 4 is 33.3 Å². The van der Waals surface area contributed by atoms with Gasteiger partial charge in [0.1, 0.15) is 0 Å². The van der Waals surface area contributed by atoms with Crippen LogP contribution in [0.4, 0.5) is 4.39 Å². The second-order valence-electron chi connectivity index (χ2n) is 0.612. The fraction of sp³-hybridized carbons (Fsp3) is 0. The summed E-state index contributed by atoms with van der Waals surface area (Å²) < 4.78 is 10.6. The van der Waals surface area contributed by atoms with Crippen LogP contribution in [-0.2, 0) is 4.79 Å². The molecule has 0 aliphatic heterocycles. The van der Waals surface area contributed by atoms with Gasteiger partial charge in [-0.3, -0.25) is 0 Å². The molecule has 0 spiro atoms. The van der Waals surface area contributed by atoms with Crippen molar-refractivity contribution in [2.75, 3.05) is 0 Å². The minimum atomic E-state index is -1.52. The molecule has 0 saturated carbocycles. The minimum Gasteiger partial charge on any atom is -0.545 e. The maximum absolute atomic E-state index is 10.6. The predicted octanol–water partition coefficient (Wildman–Crippen LogP) is -1.16. The molecule has 7 heavy (non-hydrogen) atoms. The Morgan fingerprint density at radius 2 is 2.14 bits per heavy atom. The number of carboxylic acid groups (broad SMARTS) is 1. The zero-order valence-electron chi connectivity index (χ0n) is 3.43. The molecule has 0 unspecified atom stereocenters. The number of carboxylic acids is 1. The van der Waals surface area contributed by atoms with E-state index in [9.17, 15) is 4.39 Å². The molecule has 0 radical (unpaired) electrons. The van der Waals surface area contributed by atoms with Gasteiger partial charge in [-0.2, -0.15) is 0 Å². The van der Waals surface area contributed by atoms with Gasteiger partial charge in [-0.25, -0.2) is 4.39 Å². The van der Waals surface area contributed by atoms with E-state index in [1.165, 1.54) is 0 Å². The Labute approximate surface area is 60.2 Å². The van der Waals surface area contributed by atoms with E-state index in [4.69, 9.17) is 9.90 Å². The predicted molar refractivity (Wildman–Crippen MR) is 21.0 cm³/mol. The van der Waals surface area contributed by atoms with Crippen LogP contribution < -0.4 is 5.11 Å². The molecule has 36 valence electrons.